The predicted octanol–water partition coefficient (Wildman–Crippen LogP) is 4.88. The molecule has 0 aliphatic heterocycles. The van der Waals surface area contributed by atoms with E-state index < -0.39 is 0 Å². The van der Waals surface area contributed by atoms with Crippen molar-refractivity contribution in [2.45, 2.75) is 13.3 Å². The molecule has 0 unspecified atom stereocenters. The number of hydrogen-bond acceptors (Lipinski definition) is 3. The molecule has 0 aliphatic rings. The third kappa shape index (κ3) is 2.90. The first kappa shape index (κ1) is 14.0. The quantitative estimate of drug-likeness (QED) is 0.734. The van der Waals surface area contributed by atoms with E-state index in [0.29, 0.717) is 0 Å². The molecule has 106 valence electrons. The molecular weight excluding hydrogens is 326 g/mol. The van der Waals surface area contributed by atoms with Crippen molar-refractivity contribution < 1.29 is 0 Å². The zero-order valence-electron chi connectivity index (χ0n) is 11.8. The standard InChI is InChI=1S/C17H16BrN3/c1-2-11-19-17-15-6-4-3-5-14(15)16(20-21-17)12-7-9-13(18)10-8-12/h3-10H,2,11H2,1H3,(H,19,21). The van der Waals surface area contributed by atoms with Crippen molar-refractivity contribution in [3.05, 3.63) is 53.0 Å². The molecular formula is C17H16BrN3. The number of aromatic nitrogens is 2. The highest BCUT2D eigenvalue weighted by Crippen LogP contribution is 2.30. The maximum Gasteiger partial charge on any atom is 0.156 e. The normalized spacial score (nSPS) is 10.8. The molecule has 2 aromatic carbocycles. The van der Waals surface area contributed by atoms with Crippen LogP contribution in [0.4, 0.5) is 5.82 Å². The van der Waals surface area contributed by atoms with Crippen molar-refractivity contribution in [1.29, 1.82) is 0 Å². The van der Waals surface area contributed by atoms with Gasteiger partial charge in [-0.15, -0.1) is 10.2 Å². The third-order valence-corrected chi connectivity index (χ3v) is 3.88. The summed E-state index contributed by atoms with van der Waals surface area (Å²) in [6, 6.07) is 16.4. The summed E-state index contributed by atoms with van der Waals surface area (Å²) in [5.41, 5.74) is 1.99. The molecule has 4 heteroatoms. The Labute approximate surface area is 132 Å². The van der Waals surface area contributed by atoms with Crippen LogP contribution in [0.25, 0.3) is 22.0 Å². The fourth-order valence-corrected chi connectivity index (χ4v) is 2.56. The van der Waals surface area contributed by atoms with E-state index in [-0.39, 0.29) is 0 Å². The molecule has 0 saturated carbocycles. The Kier molecular flexibility index (Phi) is 4.15. The van der Waals surface area contributed by atoms with E-state index in [2.05, 4.69) is 62.6 Å². The third-order valence-electron chi connectivity index (χ3n) is 3.35. The Bertz CT molecular complexity index is 754. The fraction of sp³-hybridized carbons (Fsp3) is 0.176. The van der Waals surface area contributed by atoms with E-state index in [1.54, 1.807) is 0 Å². The second-order valence-corrected chi connectivity index (χ2v) is 5.79. The van der Waals surface area contributed by atoms with Crippen molar-refractivity contribution in [1.82, 2.24) is 10.2 Å². The summed E-state index contributed by atoms with van der Waals surface area (Å²) >= 11 is 3.46. The van der Waals surface area contributed by atoms with Crippen LogP contribution in [0.1, 0.15) is 13.3 Å². The smallest absolute Gasteiger partial charge is 0.156 e. The highest BCUT2D eigenvalue weighted by atomic mass is 79.9. The van der Waals surface area contributed by atoms with Crippen molar-refractivity contribution in [3.8, 4) is 11.3 Å². The van der Waals surface area contributed by atoms with E-state index in [1.807, 2.05) is 24.3 Å². The van der Waals surface area contributed by atoms with Crippen LogP contribution in [0.2, 0.25) is 0 Å². The zero-order chi connectivity index (χ0) is 14.7. The Morgan fingerprint density at radius 1 is 0.952 bits per heavy atom. The molecule has 0 aliphatic carbocycles. The summed E-state index contributed by atoms with van der Waals surface area (Å²) in [4.78, 5) is 0. The second kappa shape index (κ2) is 6.22. The Morgan fingerprint density at radius 2 is 1.67 bits per heavy atom. The molecule has 0 radical (unpaired) electrons. The number of hydrogen-bond donors (Lipinski definition) is 1. The number of benzene rings is 2. The minimum atomic E-state index is 0.855. The summed E-state index contributed by atoms with van der Waals surface area (Å²) in [6.45, 7) is 3.04. The van der Waals surface area contributed by atoms with Gasteiger partial charge in [0.2, 0.25) is 0 Å². The van der Waals surface area contributed by atoms with Crippen LogP contribution in [0.3, 0.4) is 0 Å². The van der Waals surface area contributed by atoms with E-state index >= 15 is 0 Å². The first-order chi connectivity index (χ1) is 10.3. The molecule has 1 aromatic heterocycles. The summed E-state index contributed by atoms with van der Waals surface area (Å²) < 4.78 is 1.06. The minimum absolute atomic E-state index is 0.855. The number of halogens is 1. The Balaban J connectivity index is 2.14. The molecule has 0 bridgehead atoms. The molecule has 0 spiro atoms. The van der Waals surface area contributed by atoms with Crippen molar-refractivity contribution >= 4 is 32.5 Å². The van der Waals surface area contributed by atoms with E-state index in [0.717, 1.165) is 45.3 Å². The number of nitrogens with one attached hydrogen (secondary N) is 1. The minimum Gasteiger partial charge on any atom is -0.368 e. The van der Waals surface area contributed by atoms with Gasteiger partial charge in [0.25, 0.3) is 0 Å². The monoisotopic (exact) mass is 341 g/mol. The molecule has 1 N–H and O–H groups in total. The summed E-state index contributed by atoms with van der Waals surface area (Å²) in [6.07, 6.45) is 1.06. The number of fused-ring (bicyclic) bond motifs is 1. The lowest BCUT2D eigenvalue weighted by molar-refractivity contribution is 0.952. The van der Waals surface area contributed by atoms with Gasteiger partial charge in [-0.25, -0.2) is 0 Å². The van der Waals surface area contributed by atoms with Gasteiger partial charge in [-0.3, -0.25) is 0 Å². The van der Waals surface area contributed by atoms with Crippen LogP contribution >= 0.6 is 15.9 Å². The summed E-state index contributed by atoms with van der Waals surface area (Å²) in [7, 11) is 0. The summed E-state index contributed by atoms with van der Waals surface area (Å²) in [5.74, 6) is 0.855. The summed E-state index contributed by atoms with van der Waals surface area (Å²) in [5, 5.41) is 14.4. The number of nitrogens with zero attached hydrogens (tertiary/aromatic N) is 2. The van der Waals surface area contributed by atoms with E-state index in [4.69, 9.17) is 0 Å². The second-order valence-electron chi connectivity index (χ2n) is 4.88. The predicted molar refractivity (Wildman–Crippen MR) is 91.5 cm³/mol. The van der Waals surface area contributed by atoms with Gasteiger partial charge in [-0.1, -0.05) is 59.3 Å². The van der Waals surface area contributed by atoms with E-state index in [9.17, 15) is 0 Å². The fourth-order valence-electron chi connectivity index (χ4n) is 2.30. The molecule has 1 heterocycles. The van der Waals surface area contributed by atoms with Gasteiger partial charge in [-0.2, -0.15) is 0 Å². The molecule has 0 atom stereocenters. The molecule has 3 aromatic rings. The van der Waals surface area contributed by atoms with Gasteiger partial charge >= 0.3 is 0 Å². The Hall–Kier alpha value is -1.94. The van der Waals surface area contributed by atoms with Crippen molar-refractivity contribution in [3.63, 3.8) is 0 Å². The molecule has 0 amide bonds. The van der Waals surface area contributed by atoms with Crippen LogP contribution in [-0.4, -0.2) is 16.7 Å². The number of rotatable bonds is 4. The lowest BCUT2D eigenvalue weighted by Crippen LogP contribution is -2.04. The average Bonchev–Trinajstić information content (AvgIpc) is 2.53. The lowest BCUT2D eigenvalue weighted by Gasteiger charge is -2.10. The van der Waals surface area contributed by atoms with Crippen LogP contribution in [-0.2, 0) is 0 Å². The Morgan fingerprint density at radius 3 is 2.38 bits per heavy atom. The first-order valence-electron chi connectivity index (χ1n) is 7.05. The lowest BCUT2D eigenvalue weighted by atomic mass is 10.0. The van der Waals surface area contributed by atoms with Crippen molar-refractivity contribution in [2.75, 3.05) is 11.9 Å². The largest absolute Gasteiger partial charge is 0.368 e. The highest BCUT2D eigenvalue weighted by molar-refractivity contribution is 9.10. The van der Waals surface area contributed by atoms with E-state index in [1.165, 1.54) is 0 Å². The zero-order valence-corrected chi connectivity index (χ0v) is 13.4. The van der Waals surface area contributed by atoms with Crippen LogP contribution < -0.4 is 5.32 Å². The van der Waals surface area contributed by atoms with Gasteiger partial charge in [0.05, 0.1) is 0 Å². The highest BCUT2D eigenvalue weighted by Gasteiger charge is 2.10. The molecule has 0 saturated heterocycles. The molecule has 0 fully saturated rings. The van der Waals surface area contributed by atoms with Gasteiger partial charge < -0.3 is 5.32 Å². The van der Waals surface area contributed by atoms with Gasteiger partial charge in [0, 0.05) is 27.4 Å². The van der Waals surface area contributed by atoms with Gasteiger partial charge in [-0.05, 0) is 18.6 Å². The maximum absolute atomic E-state index is 4.43. The number of anilines is 1. The van der Waals surface area contributed by atoms with Crippen LogP contribution in [0.5, 0.6) is 0 Å². The maximum atomic E-state index is 4.43. The molecule has 21 heavy (non-hydrogen) atoms. The molecule has 3 rings (SSSR count). The van der Waals surface area contributed by atoms with Crippen molar-refractivity contribution in [2.24, 2.45) is 0 Å². The average molecular weight is 342 g/mol. The first-order valence-corrected chi connectivity index (χ1v) is 7.84. The van der Waals surface area contributed by atoms with Gasteiger partial charge in [0.1, 0.15) is 5.69 Å². The van der Waals surface area contributed by atoms with Crippen LogP contribution in [0.15, 0.2) is 53.0 Å². The SMILES string of the molecule is CCCNc1nnc(-c2ccc(Br)cc2)c2ccccc12. The van der Waals surface area contributed by atoms with Gasteiger partial charge in [0.15, 0.2) is 5.82 Å². The topological polar surface area (TPSA) is 37.8 Å². The molecule has 3 nitrogen and oxygen atoms in total. The van der Waals surface area contributed by atoms with Crippen LogP contribution in [0, 0.1) is 0 Å².